The molecule has 1 aromatic heterocycles. The monoisotopic (exact) mass is 1840 g/mol. The number of amides is 32. The predicted octanol–water partition coefficient (Wildman–Crippen LogP) is 4.02. The molecule has 1 saturated carbocycles. The Kier molecular flexibility index (Phi) is 34.8. The first-order valence-corrected chi connectivity index (χ1v) is 39.1. The minimum atomic E-state index is -0.864. The van der Waals surface area contributed by atoms with Crippen LogP contribution in [0.2, 0.25) is 5.02 Å². The molecule has 678 valence electrons. The van der Waals surface area contributed by atoms with Crippen molar-refractivity contribution in [2.75, 3.05) is 7.11 Å². The topological polar surface area (TPSA) is 624 Å². The normalized spacial score (nSPS) is 16.4. The van der Waals surface area contributed by atoms with Gasteiger partial charge in [-0.2, -0.15) is 0 Å². The van der Waals surface area contributed by atoms with Crippen LogP contribution in [0.25, 0.3) is 36.5 Å². The highest BCUT2D eigenvalue weighted by Gasteiger charge is 2.36. The first-order chi connectivity index (χ1) is 63.4. The van der Waals surface area contributed by atoms with Gasteiger partial charge in [0.1, 0.15) is 62.3 Å². The third-order valence-electron chi connectivity index (χ3n) is 18.1. The second kappa shape index (κ2) is 47.2. The summed E-state index contributed by atoms with van der Waals surface area (Å²) in [5.74, 6) is -11.9. The quantitative estimate of drug-likeness (QED) is 0.0522. The van der Waals surface area contributed by atoms with Crippen molar-refractivity contribution in [2.45, 2.75) is 38.5 Å². The highest BCUT2D eigenvalue weighted by Crippen LogP contribution is 2.27. The number of urea groups is 8. The van der Waals surface area contributed by atoms with Crippen LogP contribution in [-0.2, 0) is 83.1 Å². The molecular weight excluding hydrogens is 1770 g/mol. The van der Waals surface area contributed by atoms with E-state index in [0.717, 1.165) is 36.8 Å². The van der Waals surface area contributed by atoms with Crippen LogP contribution in [0.15, 0.2) is 227 Å². The molecule has 0 spiro atoms. The predicted molar refractivity (Wildman–Crippen MR) is 458 cm³/mol. The van der Waals surface area contributed by atoms with E-state index in [1.165, 1.54) is 105 Å². The number of benzene rings is 6. The largest absolute Gasteiger partial charge is 0.497 e. The molecule has 45 heteroatoms. The maximum Gasteiger partial charge on any atom is 0.328 e. The minimum absolute atomic E-state index is 0.0755. The Bertz CT molecular complexity index is 5860. The molecule has 7 aromatic rings. The van der Waals surface area contributed by atoms with Crippen LogP contribution in [0, 0.1) is 23.5 Å². The van der Waals surface area contributed by atoms with Gasteiger partial charge < -0.3 is 4.74 Å². The zero-order chi connectivity index (χ0) is 96.5. The number of pyridine rings is 1. The van der Waals surface area contributed by atoms with Gasteiger partial charge in [-0.3, -0.25) is 167 Å². The number of hydrogen-bond donors (Lipinski definition) is 16. The first-order valence-electron chi connectivity index (χ1n) is 38.7. The molecule has 1 aliphatic carbocycles. The number of methoxy groups -OCH3 is 1. The Morgan fingerprint density at radius 3 is 0.977 bits per heavy atom. The molecule has 0 unspecified atom stereocenters. The number of nitrogens with one attached hydrogen (secondary N) is 16. The van der Waals surface area contributed by atoms with Crippen LogP contribution in [-0.4, -0.2) is 155 Å². The summed E-state index contributed by atoms with van der Waals surface area (Å²) < 4.78 is 30.6. The van der Waals surface area contributed by atoms with Gasteiger partial charge in [-0.05, 0) is 155 Å². The number of aromatic nitrogens is 1. The number of carbonyl (C=O) groups is 24. The van der Waals surface area contributed by atoms with Crippen molar-refractivity contribution in [3.63, 3.8) is 0 Å². The van der Waals surface area contributed by atoms with Gasteiger partial charge in [-0.25, -0.2) is 47.1 Å². The smallest absolute Gasteiger partial charge is 0.328 e. The second-order valence-electron chi connectivity index (χ2n) is 27.7. The van der Waals surface area contributed by atoms with E-state index < -0.39 is 160 Å². The second-order valence-corrected chi connectivity index (χ2v) is 28.1. The number of halogens is 3. The minimum Gasteiger partial charge on any atom is -0.497 e. The van der Waals surface area contributed by atoms with E-state index in [0.29, 0.717) is 45.0 Å². The van der Waals surface area contributed by atoms with Crippen molar-refractivity contribution in [1.29, 1.82) is 0 Å². The fourth-order valence-corrected chi connectivity index (χ4v) is 12.1. The highest BCUT2D eigenvalue weighted by molar-refractivity contribution is 6.36. The number of nitrogens with zero attached hydrogens (tertiary/aromatic N) is 1. The van der Waals surface area contributed by atoms with E-state index in [4.69, 9.17) is 16.3 Å². The van der Waals surface area contributed by atoms with Crippen LogP contribution in [0.1, 0.15) is 71.0 Å². The van der Waals surface area contributed by atoms with E-state index in [1.807, 2.05) is 100 Å². The van der Waals surface area contributed by atoms with Gasteiger partial charge in [0.05, 0.1) is 7.11 Å². The summed E-state index contributed by atoms with van der Waals surface area (Å²) in [6.45, 7) is 0. The van der Waals surface area contributed by atoms with E-state index >= 15 is 0 Å². The van der Waals surface area contributed by atoms with E-state index in [2.05, 4.69) is 26.3 Å². The highest BCUT2D eigenvalue weighted by atomic mass is 35.5. The summed E-state index contributed by atoms with van der Waals surface area (Å²) in [4.78, 5) is 273. The van der Waals surface area contributed by atoms with Gasteiger partial charge in [-0.1, -0.05) is 152 Å². The zero-order valence-corrected chi connectivity index (χ0v) is 69.3. The number of ether oxygens (including phenoxy) is 1. The van der Waals surface area contributed by atoms with Gasteiger partial charge in [0.25, 0.3) is 82.7 Å². The summed E-state index contributed by atoms with van der Waals surface area (Å²) in [5, 5.41) is 32.4. The summed E-state index contributed by atoms with van der Waals surface area (Å²) in [6, 6.07) is 39.2. The molecule has 133 heavy (non-hydrogen) atoms. The SMILES string of the molecule is COc1cccc(C=C2C(=O)NC(=O)NC2=O)c1.O=C1NC(=O)C(=CC2CCCCC2)C(=O)N1.O=C1NC(=O)C(=Cc2ccc(F)cc2)C(=O)N1.O=C1NC(=O)C(=Cc2cccc(Cl)c2)C(=O)N1.O=C1NC(=O)C(=Cc2cccc(F)c2)C(=O)N1.O=C1NC(=O)C(=Cc2ccccc2)C(=O)N1.O=C1NC(=O)C(=Cc2cccnc2)C(=O)N1.O=C1NC(=O)C(Cc2ccccc2)C(=O)N1. The Hall–Kier alpha value is -18.5. The van der Waals surface area contributed by atoms with Crippen molar-refractivity contribution >= 4 is 191 Å². The molecule has 9 heterocycles. The molecule has 0 bridgehead atoms. The first kappa shape index (κ1) is 98.3. The average Bonchev–Trinajstić information content (AvgIpc) is 0.840. The lowest BCUT2D eigenvalue weighted by molar-refractivity contribution is -0.136. The molecule has 8 aliphatic heterocycles. The summed E-state index contributed by atoms with van der Waals surface area (Å²) in [5.41, 5.74) is 3.48. The van der Waals surface area contributed by atoms with Gasteiger partial charge in [0.15, 0.2) is 0 Å². The van der Waals surface area contributed by atoms with Crippen LogP contribution in [0.5, 0.6) is 5.75 Å². The zero-order valence-electron chi connectivity index (χ0n) is 68.5. The lowest BCUT2D eigenvalue weighted by atomic mass is 9.87. The van der Waals surface area contributed by atoms with Crippen LogP contribution in [0.3, 0.4) is 0 Å². The lowest BCUT2D eigenvalue weighted by Gasteiger charge is -2.20. The van der Waals surface area contributed by atoms with Crippen molar-refractivity contribution in [3.8, 4) is 5.75 Å². The third-order valence-corrected chi connectivity index (χ3v) is 18.3. The Balaban J connectivity index is 0.000000171. The molecule has 8 saturated heterocycles. The van der Waals surface area contributed by atoms with Crippen LogP contribution in [0.4, 0.5) is 47.1 Å². The Labute approximate surface area is 752 Å². The van der Waals surface area contributed by atoms with Crippen molar-refractivity contribution in [2.24, 2.45) is 11.8 Å². The fourth-order valence-electron chi connectivity index (χ4n) is 11.9. The molecule has 0 radical (unpaired) electrons. The van der Waals surface area contributed by atoms with E-state index in [-0.39, 0.29) is 44.9 Å². The van der Waals surface area contributed by atoms with Gasteiger partial charge >= 0.3 is 48.2 Å². The van der Waals surface area contributed by atoms with E-state index in [9.17, 15) is 124 Å². The summed E-state index contributed by atoms with van der Waals surface area (Å²) in [6.07, 6.45) is 18.6. The molecule has 32 amide bonds. The van der Waals surface area contributed by atoms with Gasteiger partial charge in [-0.15, -0.1) is 0 Å². The standard InChI is InChI=1S/C12H10N2O4.C11H7ClN2O3.2C11H7FN2O3.C11H14N2O3.C11H10N2O3.C11H8N2O3.C10H7N3O3/c1-18-8-4-2-3-7(5-8)6-9-10(15)13-12(17)14-11(9)16;12-7-3-1-2-6(4-7)5-8-9(15)13-11(17)14-10(8)16;12-7-3-1-6(2-4-7)5-8-9(15)13-11(17)14-10(8)16;12-7-3-1-2-6(4-7)5-8-9(15)13-11(17)14-10(8)16;3*14-9-8(10(15)13-11(16)12-9)6-7-4-2-1-3-5-7;14-8-7(9(15)13-10(16)12-8)4-6-2-1-3-11-5-6/h2-6H,1H3,(H2,13,14,15,16,17);3*1-5H,(H2,13,14,15,16,17);6-7H,1-5H2,(H2,12,13,14,15,16);1-5,8H,6H2,(H2,12,13,14,15,16);1-6H,(H2,12,13,14,15,16);1-5H,(H2,12,13,14,15,16). The maximum absolute atomic E-state index is 12.9. The average molecular weight is 1840 g/mol. The fraction of sp³-hybridized carbons (Fsp3) is 0.102. The van der Waals surface area contributed by atoms with E-state index in [1.54, 1.807) is 97.2 Å². The molecular formula is C88H70ClF2N17O25. The van der Waals surface area contributed by atoms with Crippen LogP contribution >= 0.6 is 11.6 Å². The summed E-state index contributed by atoms with van der Waals surface area (Å²) in [7, 11) is 1.52. The van der Waals surface area contributed by atoms with Gasteiger partial charge in [0.2, 0.25) is 11.8 Å². The lowest BCUT2D eigenvalue weighted by Crippen LogP contribution is -2.56. The number of imide groups is 16. The molecule has 6 aromatic carbocycles. The summed E-state index contributed by atoms with van der Waals surface area (Å²) >= 11 is 5.77. The number of allylic oxidation sites excluding steroid dienone is 1. The van der Waals surface area contributed by atoms with Crippen LogP contribution < -0.4 is 89.8 Å². The Morgan fingerprint density at radius 2 is 0.617 bits per heavy atom. The molecule has 0 atom stereocenters. The van der Waals surface area contributed by atoms with Crippen molar-refractivity contribution < 1.29 is 129 Å². The molecule has 16 N–H and O–H groups in total. The maximum atomic E-state index is 12.9. The Morgan fingerprint density at radius 1 is 0.308 bits per heavy atom. The number of barbiturate groups is 8. The molecule has 9 fully saturated rings. The van der Waals surface area contributed by atoms with Crippen molar-refractivity contribution in [3.05, 3.63) is 283 Å². The van der Waals surface area contributed by atoms with Gasteiger partial charge in [0, 0.05) is 17.4 Å². The number of hydrogen-bond acceptors (Lipinski definition) is 26. The van der Waals surface area contributed by atoms with Crippen molar-refractivity contribution in [1.82, 2.24) is 90.1 Å². The molecule has 42 nitrogen and oxygen atoms in total. The third kappa shape index (κ3) is 30.4. The molecule has 9 aliphatic rings. The number of carbonyl (C=O) groups excluding carboxylic acids is 24. The number of rotatable bonds is 10. The molecule has 16 rings (SSSR count).